The van der Waals surface area contributed by atoms with Gasteiger partial charge in [0, 0.05) is 35.1 Å². The minimum Gasteiger partial charge on any atom is -0.481 e. The normalized spacial score (nSPS) is 23.7. The predicted octanol–water partition coefficient (Wildman–Crippen LogP) is 6.99. The van der Waals surface area contributed by atoms with Crippen molar-refractivity contribution in [1.29, 1.82) is 0 Å². The van der Waals surface area contributed by atoms with Crippen molar-refractivity contribution in [2.45, 2.75) is 57.0 Å². The number of carbonyl (C=O) groups excluding carboxylic acids is 1. The molecule has 0 bridgehead atoms. The molecule has 0 radical (unpaired) electrons. The molecule has 5 rings (SSSR count). The van der Waals surface area contributed by atoms with Crippen molar-refractivity contribution in [3.8, 4) is 0 Å². The monoisotopic (exact) mass is 642 g/mol. The third-order valence-electron chi connectivity index (χ3n) is 8.76. The first kappa shape index (κ1) is 31.7. The highest BCUT2D eigenvalue weighted by atomic mass is 35.5. The molecule has 228 valence electrons. The average molecular weight is 644 g/mol. The van der Waals surface area contributed by atoms with Crippen molar-refractivity contribution in [2.24, 2.45) is 11.3 Å². The molecular weight excluding hydrogens is 607 g/mol. The van der Waals surface area contributed by atoms with E-state index in [0.717, 1.165) is 29.5 Å². The number of halogens is 2. The molecule has 1 saturated heterocycles. The Labute approximate surface area is 265 Å². The van der Waals surface area contributed by atoms with Gasteiger partial charge in [-0.1, -0.05) is 84.7 Å². The Morgan fingerprint density at radius 3 is 2.33 bits per heavy atom. The van der Waals surface area contributed by atoms with Gasteiger partial charge in [-0.15, -0.1) is 0 Å². The Morgan fingerprint density at radius 2 is 1.72 bits per heavy atom. The van der Waals surface area contributed by atoms with Crippen LogP contribution in [0.25, 0.3) is 0 Å². The highest BCUT2D eigenvalue weighted by Crippen LogP contribution is 2.54. The summed E-state index contributed by atoms with van der Waals surface area (Å²) in [4.78, 5) is 28.6. The van der Waals surface area contributed by atoms with E-state index in [2.05, 4.69) is 0 Å². The lowest BCUT2D eigenvalue weighted by molar-refractivity contribution is -0.161. The lowest BCUT2D eigenvalue weighted by Crippen LogP contribution is -2.59. The summed E-state index contributed by atoms with van der Waals surface area (Å²) >= 11 is 10.5. The number of likely N-dealkylation sites (tertiary alicyclic amines) is 1. The Bertz CT molecular complexity index is 1470. The smallest absolute Gasteiger partial charge is 0.304 e. The van der Waals surface area contributed by atoms with Gasteiger partial charge in [0.25, 0.3) is 0 Å². The second-order valence-corrected chi connectivity index (χ2v) is 13.8. The van der Waals surface area contributed by atoms with Gasteiger partial charge in [0.05, 0.1) is 17.9 Å². The van der Waals surface area contributed by atoms with E-state index in [9.17, 15) is 23.5 Å². The van der Waals surface area contributed by atoms with Crippen LogP contribution in [0.3, 0.4) is 0 Å². The summed E-state index contributed by atoms with van der Waals surface area (Å²) in [6.07, 6.45) is 2.31. The van der Waals surface area contributed by atoms with Crippen LogP contribution in [-0.4, -0.2) is 54.1 Å². The van der Waals surface area contributed by atoms with E-state index >= 15 is 0 Å². The molecule has 3 aromatic rings. The van der Waals surface area contributed by atoms with Gasteiger partial charge in [-0.25, -0.2) is 4.21 Å². The quantitative estimate of drug-likeness (QED) is 0.207. The van der Waals surface area contributed by atoms with E-state index in [1.807, 2.05) is 65.6 Å². The molecule has 43 heavy (non-hydrogen) atoms. The first-order valence-corrected chi connectivity index (χ1v) is 16.3. The number of piperidine rings is 1. The van der Waals surface area contributed by atoms with E-state index in [-0.39, 0.29) is 30.7 Å². The lowest BCUT2D eigenvalue weighted by atomic mass is 9.67. The summed E-state index contributed by atoms with van der Waals surface area (Å²) in [5.41, 5.74) is 1.63. The van der Waals surface area contributed by atoms with Crippen molar-refractivity contribution in [3.05, 3.63) is 106 Å². The van der Waals surface area contributed by atoms with Gasteiger partial charge in [-0.2, -0.15) is 4.31 Å². The number of carboxylic acid groups (broad SMARTS) is 1. The van der Waals surface area contributed by atoms with Crippen LogP contribution in [0.5, 0.6) is 0 Å². The zero-order valence-corrected chi connectivity index (χ0v) is 26.3. The minimum atomic E-state index is -2.27. The van der Waals surface area contributed by atoms with E-state index in [4.69, 9.17) is 23.2 Å². The molecule has 0 aromatic heterocycles. The number of hydrogen-bond acceptors (Lipinski definition) is 3. The second kappa shape index (κ2) is 13.5. The number of rotatable bonds is 12. The van der Waals surface area contributed by atoms with Gasteiger partial charge in [-0.3, -0.25) is 14.1 Å². The van der Waals surface area contributed by atoms with E-state index < -0.39 is 34.7 Å². The van der Waals surface area contributed by atoms with Gasteiger partial charge in [0.1, 0.15) is 0 Å². The number of nitrogens with zero attached hydrogens (tertiary/aromatic N) is 2. The summed E-state index contributed by atoms with van der Waals surface area (Å²) in [7, 11) is 0. The van der Waals surface area contributed by atoms with Crippen molar-refractivity contribution >= 4 is 46.3 Å². The van der Waals surface area contributed by atoms with E-state index in [1.54, 1.807) is 25.1 Å². The number of carbonyl (C=O) groups is 2. The fraction of sp³-hybridized carbons (Fsp3) is 0.394. The molecule has 0 spiro atoms. The van der Waals surface area contributed by atoms with Gasteiger partial charge in [0.2, 0.25) is 17.2 Å². The average Bonchev–Trinajstić information content (AvgIpc) is 3.81. The molecule has 7 nitrogen and oxygen atoms in total. The molecule has 1 aliphatic heterocycles. The molecule has 1 aliphatic carbocycles. The molecule has 5 unspecified atom stereocenters. The Hall–Kier alpha value is -2.75. The Kier molecular flexibility index (Phi) is 9.93. The molecule has 3 aromatic carbocycles. The van der Waals surface area contributed by atoms with Crippen LogP contribution in [-0.2, 0) is 27.3 Å². The van der Waals surface area contributed by atoms with Crippen molar-refractivity contribution in [2.75, 3.05) is 13.1 Å². The highest BCUT2D eigenvalue weighted by Gasteiger charge is 2.54. The van der Waals surface area contributed by atoms with Crippen LogP contribution >= 0.6 is 23.2 Å². The summed E-state index contributed by atoms with van der Waals surface area (Å²) in [6, 6.07) is 23.8. The van der Waals surface area contributed by atoms with Crippen molar-refractivity contribution in [3.63, 3.8) is 0 Å². The zero-order chi connectivity index (χ0) is 30.7. The highest BCUT2D eigenvalue weighted by molar-refractivity contribution is 7.76. The largest absolute Gasteiger partial charge is 0.481 e. The Morgan fingerprint density at radius 1 is 1.02 bits per heavy atom. The van der Waals surface area contributed by atoms with Crippen LogP contribution in [0.15, 0.2) is 78.9 Å². The SMILES string of the molecule is CC1(CC(=O)O)CC(c2cccc(Cl)c2)C(c2ccc(Cl)cc2)N(C(CN(CCc2ccccc2)S(=O)O)C2CC2)C1=O. The number of carboxylic acids is 1. The fourth-order valence-corrected chi connectivity index (χ4v) is 7.38. The third kappa shape index (κ3) is 7.49. The number of hydrogen-bond donors (Lipinski definition) is 2. The molecule has 1 heterocycles. The molecule has 2 N–H and O–H groups in total. The van der Waals surface area contributed by atoms with Gasteiger partial charge < -0.3 is 10.0 Å². The van der Waals surface area contributed by atoms with Crippen LogP contribution < -0.4 is 0 Å². The maximum absolute atomic E-state index is 14.6. The third-order valence-corrected chi connectivity index (χ3v) is 10.0. The van der Waals surface area contributed by atoms with Crippen LogP contribution in [0, 0.1) is 11.3 Å². The summed E-state index contributed by atoms with van der Waals surface area (Å²) in [5.74, 6) is -1.46. The van der Waals surface area contributed by atoms with Gasteiger partial charge >= 0.3 is 5.97 Å². The van der Waals surface area contributed by atoms with Crippen LogP contribution in [0.4, 0.5) is 0 Å². The molecule has 2 fully saturated rings. The maximum Gasteiger partial charge on any atom is 0.304 e. The van der Waals surface area contributed by atoms with E-state index in [0.29, 0.717) is 29.4 Å². The molecule has 5 atom stereocenters. The summed E-state index contributed by atoms with van der Waals surface area (Å²) in [5, 5.41) is 11.0. The molecule has 10 heteroatoms. The molecule has 1 saturated carbocycles. The zero-order valence-electron chi connectivity index (χ0n) is 23.9. The van der Waals surface area contributed by atoms with Crippen molar-refractivity contribution in [1.82, 2.24) is 9.21 Å². The standard InChI is InChI=1S/C33H36Cl2N2O5S/c1-33(20-30(38)39)19-28(25-8-5-9-27(35)18-25)31(24-12-14-26(34)15-13-24)37(32(33)40)29(23-10-11-23)21-36(43(41)42)17-16-22-6-3-2-4-7-22/h2-9,12-15,18,23,28-29,31H,10-11,16-17,19-21H2,1H3,(H,38,39)(H,41,42). The maximum atomic E-state index is 14.6. The predicted molar refractivity (Wildman–Crippen MR) is 169 cm³/mol. The number of amides is 1. The van der Waals surface area contributed by atoms with Crippen LogP contribution in [0.1, 0.15) is 61.3 Å². The first-order chi connectivity index (χ1) is 20.6. The topological polar surface area (TPSA) is 98.2 Å². The van der Waals surface area contributed by atoms with Gasteiger partial charge in [-0.05, 0) is 72.6 Å². The Balaban J connectivity index is 1.60. The summed E-state index contributed by atoms with van der Waals surface area (Å²) < 4.78 is 24.6. The number of benzene rings is 3. The van der Waals surface area contributed by atoms with Gasteiger partial charge in [0.15, 0.2) is 0 Å². The molecule has 1 amide bonds. The number of aliphatic carboxylic acids is 1. The van der Waals surface area contributed by atoms with E-state index in [1.165, 1.54) is 4.31 Å². The second-order valence-electron chi connectivity index (χ2n) is 12.0. The molecule has 2 aliphatic rings. The minimum absolute atomic E-state index is 0.119. The van der Waals surface area contributed by atoms with Crippen molar-refractivity contribution < 1.29 is 23.5 Å². The summed E-state index contributed by atoms with van der Waals surface area (Å²) in [6.45, 7) is 2.24. The fourth-order valence-electron chi connectivity index (χ4n) is 6.53. The first-order valence-electron chi connectivity index (χ1n) is 14.5. The lowest BCUT2D eigenvalue weighted by Gasteiger charge is -2.52. The van der Waals surface area contributed by atoms with Crippen LogP contribution in [0.2, 0.25) is 10.0 Å². The molecular formula is C33H36Cl2N2O5S.